The summed E-state index contributed by atoms with van der Waals surface area (Å²) in [5.74, 6) is -0.953. The van der Waals surface area contributed by atoms with Crippen LogP contribution in [0.5, 0.6) is 0 Å². The summed E-state index contributed by atoms with van der Waals surface area (Å²) >= 11 is 0. The molecule has 0 amide bonds. The summed E-state index contributed by atoms with van der Waals surface area (Å²) in [5.41, 5.74) is 0. The molecule has 0 fully saturated rings. The fraction of sp³-hybridized carbons (Fsp3) is 0.750. The van der Waals surface area contributed by atoms with Crippen LogP contribution >= 0.6 is 23.1 Å². The van der Waals surface area contributed by atoms with E-state index < -0.39 is 15.0 Å². The molecule has 0 saturated heterocycles. The van der Waals surface area contributed by atoms with Gasteiger partial charge in [0.15, 0.2) is 0 Å². The van der Waals surface area contributed by atoms with Crippen LogP contribution in [-0.2, 0) is 18.6 Å². The number of halogens is 2. The number of methoxy groups -OCH3 is 1. The van der Waals surface area contributed by atoms with E-state index in [1.54, 1.807) is 0 Å². The van der Waals surface area contributed by atoms with E-state index in [4.69, 9.17) is 10.7 Å². The SMILES string of the molecule is COC(=O)CCS(=O)(=O)Cl.Cl. The Balaban J connectivity index is 0. The normalized spacial score (nSPS) is 10.0. The van der Waals surface area contributed by atoms with E-state index in [0.717, 1.165) is 0 Å². The largest absolute Gasteiger partial charge is 0.469 e. The maximum absolute atomic E-state index is 10.3. The second kappa shape index (κ2) is 5.62. The van der Waals surface area contributed by atoms with Crippen molar-refractivity contribution in [3.63, 3.8) is 0 Å². The smallest absolute Gasteiger partial charge is 0.306 e. The Labute approximate surface area is 75.7 Å². The van der Waals surface area contributed by atoms with Gasteiger partial charge in [-0.25, -0.2) is 8.42 Å². The third-order valence-corrected chi connectivity index (χ3v) is 1.93. The van der Waals surface area contributed by atoms with Crippen molar-refractivity contribution in [1.82, 2.24) is 0 Å². The molecule has 0 aliphatic heterocycles. The van der Waals surface area contributed by atoms with E-state index in [0.29, 0.717) is 0 Å². The quantitative estimate of drug-likeness (QED) is 0.517. The van der Waals surface area contributed by atoms with Gasteiger partial charge in [0.2, 0.25) is 9.05 Å². The average Bonchev–Trinajstić information content (AvgIpc) is 1.81. The molecule has 0 aliphatic carbocycles. The first-order chi connectivity index (χ1) is 4.45. The predicted molar refractivity (Wildman–Crippen MR) is 43.5 cm³/mol. The first-order valence-electron chi connectivity index (χ1n) is 2.45. The summed E-state index contributed by atoms with van der Waals surface area (Å²) in [6, 6.07) is 0. The van der Waals surface area contributed by atoms with E-state index in [1.165, 1.54) is 7.11 Å². The number of ether oxygens (including phenoxy) is 1. The van der Waals surface area contributed by atoms with Gasteiger partial charge in [0.05, 0.1) is 19.3 Å². The molecule has 0 aliphatic rings. The van der Waals surface area contributed by atoms with E-state index in [1.807, 2.05) is 0 Å². The third-order valence-electron chi connectivity index (χ3n) is 0.778. The molecule has 0 radical (unpaired) electrons. The average molecular weight is 223 g/mol. The lowest BCUT2D eigenvalue weighted by Crippen LogP contribution is -2.07. The van der Waals surface area contributed by atoms with Crippen LogP contribution in [0.4, 0.5) is 0 Å². The molecule has 0 saturated carbocycles. The summed E-state index contributed by atoms with van der Waals surface area (Å²) in [7, 11) is 2.42. The topological polar surface area (TPSA) is 60.4 Å². The highest BCUT2D eigenvalue weighted by molar-refractivity contribution is 8.13. The Morgan fingerprint density at radius 3 is 2.27 bits per heavy atom. The molecule has 0 N–H and O–H groups in total. The molecular weight excluding hydrogens is 215 g/mol. The first kappa shape index (κ1) is 13.6. The zero-order valence-corrected chi connectivity index (χ0v) is 8.13. The number of carbonyl (C=O) groups excluding carboxylic acids is 1. The zero-order valence-electron chi connectivity index (χ0n) is 5.74. The van der Waals surface area contributed by atoms with Crippen molar-refractivity contribution in [3.05, 3.63) is 0 Å². The molecule has 0 rings (SSSR count). The molecule has 0 aromatic heterocycles. The van der Waals surface area contributed by atoms with Gasteiger partial charge in [-0.05, 0) is 0 Å². The van der Waals surface area contributed by atoms with Crippen LogP contribution in [0.15, 0.2) is 0 Å². The van der Waals surface area contributed by atoms with Gasteiger partial charge in [0, 0.05) is 10.7 Å². The lowest BCUT2D eigenvalue weighted by molar-refractivity contribution is -0.140. The molecule has 0 aromatic rings. The predicted octanol–water partition coefficient (Wildman–Crippen LogP) is 0.540. The summed E-state index contributed by atoms with van der Waals surface area (Å²) in [6.45, 7) is 0. The van der Waals surface area contributed by atoms with Gasteiger partial charge < -0.3 is 4.74 Å². The highest BCUT2D eigenvalue weighted by atomic mass is 35.7. The van der Waals surface area contributed by atoms with Crippen molar-refractivity contribution in [2.45, 2.75) is 6.42 Å². The highest BCUT2D eigenvalue weighted by Gasteiger charge is 2.08. The molecule has 0 heterocycles. The fourth-order valence-corrected chi connectivity index (χ4v) is 0.949. The molecule has 7 heteroatoms. The number of rotatable bonds is 3. The Kier molecular flexibility index (Phi) is 6.94. The van der Waals surface area contributed by atoms with Crippen LogP contribution in [0.25, 0.3) is 0 Å². The molecular formula is C4H8Cl2O4S. The molecule has 0 spiro atoms. The van der Waals surface area contributed by atoms with E-state index >= 15 is 0 Å². The Bertz CT molecular complexity index is 210. The standard InChI is InChI=1S/C4H7ClO4S.ClH/c1-9-4(6)2-3-10(5,7)8;/h2-3H2,1H3;1H. The molecule has 0 aromatic carbocycles. The lowest BCUT2D eigenvalue weighted by atomic mass is 10.5. The molecule has 0 unspecified atom stereocenters. The number of carbonyl (C=O) groups is 1. The minimum Gasteiger partial charge on any atom is -0.469 e. The maximum atomic E-state index is 10.3. The molecule has 0 bridgehead atoms. The van der Waals surface area contributed by atoms with Crippen molar-refractivity contribution in [1.29, 1.82) is 0 Å². The Morgan fingerprint density at radius 2 is 2.00 bits per heavy atom. The van der Waals surface area contributed by atoms with Crippen molar-refractivity contribution >= 4 is 38.1 Å². The van der Waals surface area contributed by atoms with Crippen LogP contribution in [-0.4, -0.2) is 27.2 Å². The number of hydrogen-bond donors (Lipinski definition) is 0. The molecule has 68 valence electrons. The van der Waals surface area contributed by atoms with Crippen LogP contribution in [0, 0.1) is 0 Å². The van der Waals surface area contributed by atoms with Gasteiger partial charge >= 0.3 is 5.97 Å². The van der Waals surface area contributed by atoms with Crippen LogP contribution in [0.1, 0.15) is 6.42 Å². The summed E-state index contributed by atoms with van der Waals surface area (Å²) in [6.07, 6.45) is -0.192. The maximum Gasteiger partial charge on any atom is 0.306 e. The lowest BCUT2D eigenvalue weighted by Gasteiger charge is -1.94. The second-order valence-electron chi connectivity index (χ2n) is 1.57. The van der Waals surface area contributed by atoms with Gasteiger partial charge in [-0.3, -0.25) is 4.79 Å². The first-order valence-corrected chi connectivity index (χ1v) is 4.92. The Morgan fingerprint density at radius 1 is 1.55 bits per heavy atom. The summed E-state index contributed by atoms with van der Waals surface area (Å²) < 4.78 is 24.6. The van der Waals surface area contributed by atoms with Gasteiger partial charge in [-0.15, -0.1) is 12.4 Å². The van der Waals surface area contributed by atoms with Crippen molar-refractivity contribution in [2.75, 3.05) is 12.9 Å². The van der Waals surface area contributed by atoms with Gasteiger partial charge in [-0.1, -0.05) is 0 Å². The zero-order chi connectivity index (χ0) is 8.20. The van der Waals surface area contributed by atoms with Gasteiger partial charge in [0.1, 0.15) is 0 Å². The summed E-state index contributed by atoms with van der Waals surface area (Å²) in [5, 5.41) is 0. The highest BCUT2D eigenvalue weighted by Crippen LogP contribution is 1.98. The second-order valence-corrected chi connectivity index (χ2v) is 4.47. The molecule has 0 atom stereocenters. The Hall–Kier alpha value is -0.000000000000000111. The summed E-state index contributed by atoms with van der Waals surface area (Å²) in [4.78, 5) is 10.3. The van der Waals surface area contributed by atoms with Crippen molar-refractivity contribution in [3.8, 4) is 0 Å². The minimum absolute atomic E-state index is 0. The van der Waals surface area contributed by atoms with Crippen LogP contribution in [0.2, 0.25) is 0 Å². The third kappa shape index (κ3) is 10.0. The van der Waals surface area contributed by atoms with Crippen molar-refractivity contribution in [2.24, 2.45) is 0 Å². The number of hydrogen-bond acceptors (Lipinski definition) is 4. The molecule has 4 nitrogen and oxygen atoms in total. The van der Waals surface area contributed by atoms with Gasteiger partial charge in [0.25, 0.3) is 0 Å². The van der Waals surface area contributed by atoms with E-state index in [-0.39, 0.29) is 24.6 Å². The fourth-order valence-electron chi connectivity index (χ4n) is 0.307. The van der Waals surface area contributed by atoms with Crippen LogP contribution < -0.4 is 0 Å². The van der Waals surface area contributed by atoms with Crippen molar-refractivity contribution < 1.29 is 17.9 Å². The van der Waals surface area contributed by atoms with Crippen LogP contribution in [0.3, 0.4) is 0 Å². The van der Waals surface area contributed by atoms with Gasteiger partial charge in [-0.2, -0.15) is 0 Å². The minimum atomic E-state index is -3.56. The van der Waals surface area contributed by atoms with E-state index in [2.05, 4.69) is 4.74 Å². The molecule has 11 heavy (non-hydrogen) atoms. The monoisotopic (exact) mass is 222 g/mol. The number of esters is 1. The van der Waals surface area contributed by atoms with E-state index in [9.17, 15) is 13.2 Å².